The second kappa shape index (κ2) is 10.7. The summed E-state index contributed by atoms with van der Waals surface area (Å²) < 4.78 is 10.6. The maximum absolute atomic E-state index is 12.8. The minimum absolute atomic E-state index is 0.109. The average molecular weight is 469 g/mol. The second-order valence-electron chi connectivity index (χ2n) is 9.45. The van der Waals surface area contributed by atoms with E-state index >= 15 is 0 Å². The van der Waals surface area contributed by atoms with E-state index in [0.717, 1.165) is 22.3 Å². The van der Waals surface area contributed by atoms with E-state index in [2.05, 4.69) is 10.6 Å². The molecule has 8 nitrogen and oxygen atoms in total. The maximum Gasteiger partial charge on any atom is 0.407 e. The minimum atomic E-state index is -1.15. The van der Waals surface area contributed by atoms with Crippen LogP contribution in [0.5, 0.6) is 0 Å². The van der Waals surface area contributed by atoms with Crippen LogP contribution in [0, 0.1) is 5.41 Å². The first-order chi connectivity index (χ1) is 16.1. The van der Waals surface area contributed by atoms with E-state index in [0.29, 0.717) is 0 Å². The van der Waals surface area contributed by atoms with Crippen LogP contribution in [0.1, 0.15) is 44.2 Å². The fourth-order valence-electron chi connectivity index (χ4n) is 4.18. The Labute approximate surface area is 199 Å². The lowest BCUT2D eigenvalue weighted by Gasteiger charge is -2.29. The molecule has 0 aliphatic heterocycles. The molecule has 0 saturated heterocycles. The molecular weight excluding hydrogens is 436 g/mol. The lowest BCUT2D eigenvalue weighted by atomic mass is 9.86. The van der Waals surface area contributed by atoms with E-state index in [9.17, 15) is 19.5 Å². The van der Waals surface area contributed by atoms with Crippen LogP contribution < -0.4 is 10.6 Å². The Morgan fingerprint density at radius 3 is 2.03 bits per heavy atom. The molecule has 1 unspecified atom stereocenters. The summed E-state index contributed by atoms with van der Waals surface area (Å²) in [6.07, 6.45) is -0.580. The summed E-state index contributed by atoms with van der Waals surface area (Å²) in [6.45, 7) is 5.47. The predicted octanol–water partition coefficient (Wildman–Crippen LogP) is 3.55. The molecule has 2 amide bonds. The number of carboxylic acid groups (broad SMARTS) is 1. The van der Waals surface area contributed by atoms with Gasteiger partial charge in [0, 0.05) is 26.1 Å². The highest BCUT2D eigenvalue weighted by Gasteiger charge is 2.35. The first-order valence-corrected chi connectivity index (χ1v) is 11.3. The third-order valence-corrected chi connectivity index (χ3v) is 5.96. The molecule has 0 spiro atoms. The van der Waals surface area contributed by atoms with Crippen molar-refractivity contribution < 1.29 is 29.0 Å². The number of ether oxygens (including phenoxy) is 2. The minimum Gasteiger partial charge on any atom is -0.480 e. The number of amides is 2. The van der Waals surface area contributed by atoms with Gasteiger partial charge < -0.3 is 25.2 Å². The Bertz CT molecular complexity index is 1000. The first kappa shape index (κ1) is 25.2. The van der Waals surface area contributed by atoms with Gasteiger partial charge >= 0.3 is 12.1 Å². The number of hydrogen-bond acceptors (Lipinski definition) is 5. The largest absolute Gasteiger partial charge is 0.480 e. The molecule has 182 valence electrons. The van der Waals surface area contributed by atoms with Gasteiger partial charge in [-0.2, -0.15) is 0 Å². The van der Waals surface area contributed by atoms with Crippen molar-refractivity contribution in [1.29, 1.82) is 0 Å². The molecule has 34 heavy (non-hydrogen) atoms. The number of aliphatic carboxylic acids is 1. The van der Waals surface area contributed by atoms with Gasteiger partial charge in [0.05, 0.1) is 0 Å². The fraction of sp³-hybridized carbons (Fsp3) is 0.423. The van der Waals surface area contributed by atoms with Crippen molar-refractivity contribution in [2.24, 2.45) is 5.41 Å². The topological polar surface area (TPSA) is 114 Å². The van der Waals surface area contributed by atoms with Crippen molar-refractivity contribution in [1.82, 2.24) is 10.6 Å². The van der Waals surface area contributed by atoms with Crippen LogP contribution in [0.2, 0.25) is 0 Å². The van der Waals surface area contributed by atoms with E-state index in [1.165, 1.54) is 7.11 Å². The van der Waals surface area contributed by atoms with Gasteiger partial charge in [-0.3, -0.25) is 4.79 Å². The summed E-state index contributed by atoms with van der Waals surface area (Å²) in [4.78, 5) is 37.1. The van der Waals surface area contributed by atoms with Crippen molar-refractivity contribution >= 4 is 18.0 Å². The summed E-state index contributed by atoms with van der Waals surface area (Å²) in [5, 5.41) is 14.6. The third kappa shape index (κ3) is 5.75. The Kier molecular flexibility index (Phi) is 7.94. The summed E-state index contributed by atoms with van der Waals surface area (Å²) in [7, 11) is 1.48. The smallest absolute Gasteiger partial charge is 0.407 e. The Balaban J connectivity index is 1.67. The lowest BCUT2D eigenvalue weighted by Crippen LogP contribution is -2.55. The van der Waals surface area contributed by atoms with Crippen LogP contribution in [0.15, 0.2) is 48.5 Å². The zero-order valence-corrected chi connectivity index (χ0v) is 20.0. The Hall–Kier alpha value is -3.39. The van der Waals surface area contributed by atoms with Gasteiger partial charge in [0.1, 0.15) is 18.7 Å². The molecule has 3 N–H and O–H groups in total. The van der Waals surface area contributed by atoms with E-state index in [1.807, 2.05) is 48.5 Å². The highest BCUT2D eigenvalue weighted by atomic mass is 16.5. The number of carbonyl (C=O) groups is 3. The number of methoxy groups -OCH3 is 1. The van der Waals surface area contributed by atoms with Crippen molar-refractivity contribution in [2.45, 2.75) is 45.2 Å². The lowest BCUT2D eigenvalue weighted by molar-refractivity contribution is -0.145. The van der Waals surface area contributed by atoms with Gasteiger partial charge in [0.15, 0.2) is 0 Å². The zero-order valence-electron chi connectivity index (χ0n) is 20.0. The van der Waals surface area contributed by atoms with Crippen LogP contribution in [-0.4, -0.2) is 55.5 Å². The summed E-state index contributed by atoms with van der Waals surface area (Å²) in [6, 6.07) is 13.9. The molecule has 2 atom stereocenters. The number of fused-ring (bicyclic) bond motifs is 3. The molecule has 8 heteroatoms. The molecule has 3 rings (SSSR count). The van der Waals surface area contributed by atoms with Crippen LogP contribution >= 0.6 is 0 Å². The zero-order chi connectivity index (χ0) is 24.9. The Morgan fingerprint density at radius 2 is 1.53 bits per heavy atom. The summed E-state index contributed by atoms with van der Waals surface area (Å²) >= 11 is 0. The van der Waals surface area contributed by atoms with E-state index < -0.39 is 35.5 Å². The fourth-order valence-corrected chi connectivity index (χ4v) is 4.18. The molecule has 0 aromatic heterocycles. The third-order valence-electron chi connectivity index (χ3n) is 5.96. The highest BCUT2D eigenvalue weighted by Crippen LogP contribution is 2.44. The number of alkyl carbamates (subject to hydrolysis) is 1. The van der Waals surface area contributed by atoms with Gasteiger partial charge in [-0.25, -0.2) is 9.59 Å². The van der Waals surface area contributed by atoms with E-state index in [4.69, 9.17) is 9.47 Å². The van der Waals surface area contributed by atoms with Gasteiger partial charge in [-0.1, -0.05) is 69.3 Å². The highest BCUT2D eigenvalue weighted by molar-refractivity contribution is 5.89. The first-order valence-electron chi connectivity index (χ1n) is 11.3. The van der Waals surface area contributed by atoms with Crippen LogP contribution in [0.3, 0.4) is 0 Å². The van der Waals surface area contributed by atoms with Gasteiger partial charge in [-0.15, -0.1) is 0 Å². The maximum atomic E-state index is 12.8. The van der Waals surface area contributed by atoms with Crippen molar-refractivity contribution in [3.8, 4) is 11.1 Å². The van der Waals surface area contributed by atoms with Crippen LogP contribution in [0.25, 0.3) is 11.1 Å². The number of rotatable bonds is 9. The average Bonchev–Trinajstić information content (AvgIpc) is 3.11. The number of carbonyl (C=O) groups excluding carboxylic acids is 2. The monoisotopic (exact) mass is 468 g/mol. The normalized spacial score (nSPS) is 14.5. The van der Waals surface area contributed by atoms with Crippen molar-refractivity contribution in [3.05, 3.63) is 59.7 Å². The quantitative estimate of drug-likeness (QED) is 0.519. The molecule has 0 saturated carbocycles. The molecule has 2 aromatic carbocycles. The summed E-state index contributed by atoms with van der Waals surface area (Å²) in [5.74, 6) is -1.86. The van der Waals surface area contributed by atoms with Crippen LogP contribution in [0.4, 0.5) is 4.79 Å². The van der Waals surface area contributed by atoms with Gasteiger partial charge in [-0.05, 0) is 27.7 Å². The second-order valence-corrected chi connectivity index (χ2v) is 9.45. The van der Waals surface area contributed by atoms with Crippen LogP contribution in [-0.2, 0) is 19.1 Å². The van der Waals surface area contributed by atoms with Crippen molar-refractivity contribution in [3.63, 3.8) is 0 Å². The Morgan fingerprint density at radius 1 is 0.971 bits per heavy atom. The predicted molar refractivity (Wildman–Crippen MR) is 128 cm³/mol. The number of hydrogen-bond donors (Lipinski definition) is 3. The SMILES string of the molecule is COCCC(NC(=O)OCC1c2ccccc2-c2ccccc21)C(=O)N[C@H](C(=O)O)C(C)(C)C. The van der Waals surface area contributed by atoms with E-state index in [1.54, 1.807) is 20.8 Å². The number of carboxylic acids is 1. The van der Waals surface area contributed by atoms with Gasteiger partial charge in [0.25, 0.3) is 0 Å². The molecule has 0 fully saturated rings. The molecule has 1 aliphatic carbocycles. The molecule has 2 aromatic rings. The molecule has 1 aliphatic rings. The molecule has 0 bridgehead atoms. The van der Waals surface area contributed by atoms with Crippen molar-refractivity contribution in [2.75, 3.05) is 20.3 Å². The standard InChI is InChI=1S/C26H32N2O6/c1-26(2,3)22(24(30)31)28-23(29)21(13-14-33-4)27-25(32)34-15-20-18-11-7-5-9-16(18)17-10-6-8-12-19(17)20/h5-12,20-22H,13-15H2,1-4H3,(H,27,32)(H,28,29)(H,30,31)/t21?,22-/m1/s1. The summed E-state index contributed by atoms with van der Waals surface area (Å²) in [5.41, 5.74) is 3.69. The molecule has 0 heterocycles. The molecule has 0 radical (unpaired) electrons. The number of nitrogens with one attached hydrogen (secondary N) is 2. The number of benzene rings is 2. The van der Waals surface area contributed by atoms with E-state index in [-0.39, 0.29) is 25.6 Å². The molecular formula is C26H32N2O6. The van der Waals surface area contributed by atoms with Gasteiger partial charge in [0.2, 0.25) is 5.91 Å².